The minimum Gasteiger partial charge on any atom is -0.493 e. The van der Waals surface area contributed by atoms with E-state index in [9.17, 15) is 9.50 Å². The summed E-state index contributed by atoms with van der Waals surface area (Å²) in [6.07, 6.45) is 2.21. The number of fused-ring (bicyclic) bond motifs is 1. The van der Waals surface area contributed by atoms with E-state index >= 15 is 0 Å². The Labute approximate surface area is 171 Å². The van der Waals surface area contributed by atoms with Crippen LogP contribution in [0.15, 0.2) is 59.6 Å². The molecular weight excluding hydrogens is 369 g/mol. The standard InChI is InChI=1S/C23H28FN3O2/c24-22-9-5-4-8-21(22)23(25-17-28)27-13-12-26-14-18(10-11-19(26)15-27)16-29-20-6-2-1-3-7-20/h1-9,18-19,28H,10-17H2/b25-23+/t18-,19+/m1/s1. The van der Waals surface area contributed by atoms with Crippen molar-refractivity contribution in [3.05, 3.63) is 66.0 Å². The molecule has 0 spiro atoms. The quantitative estimate of drug-likeness (QED) is 0.623. The van der Waals surface area contributed by atoms with E-state index in [0.29, 0.717) is 23.4 Å². The molecule has 154 valence electrons. The maximum absolute atomic E-state index is 14.3. The third-order valence-electron chi connectivity index (χ3n) is 5.87. The zero-order valence-electron chi connectivity index (χ0n) is 16.6. The van der Waals surface area contributed by atoms with Gasteiger partial charge in [0, 0.05) is 38.1 Å². The van der Waals surface area contributed by atoms with Gasteiger partial charge in [-0.15, -0.1) is 0 Å². The van der Waals surface area contributed by atoms with Crippen molar-refractivity contribution in [2.45, 2.75) is 18.9 Å². The molecular formula is C23H28FN3O2. The molecule has 4 rings (SSSR count). The molecule has 0 saturated carbocycles. The second-order valence-corrected chi connectivity index (χ2v) is 7.77. The van der Waals surface area contributed by atoms with Crippen molar-refractivity contribution in [1.29, 1.82) is 0 Å². The number of ether oxygens (including phenoxy) is 1. The van der Waals surface area contributed by atoms with Crippen LogP contribution >= 0.6 is 0 Å². The molecule has 2 heterocycles. The summed E-state index contributed by atoms with van der Waals surface area (Å²) in [5.74, 6) is 1.70. The summed E-state index contributed by atoms with van der Waals surface area (Å²) in [4.78, 5) is 8.86. The molecule has 2 fully saturated rings. The first-order valence-electron chi connectivity index (χ1n) is 10.3. The fourth-order valence-corrected chi connectivity index (χ4v) is 4.38. The fraction of sp³-hybridized carbons (Fsp3) is 0.435. The van der Waals surface area contributed by atoms with Crippen LogP contribution in [0.3, 0.4) is 0 Å². The topological polar surface area (TPSA) is 48.3 Å². The fourth-order valence-electron chi connectivity index (χ4n) is 4.38. The SMILES string of the molecule is OC/N=C(\c1ccccc1F)N1CCN2C[C@H](COc3ccccc3)CC[C@H]2C1. The number of hydrogen-bond acceptors (Lipinski definition) is 4. The Bertz CT molecular complexity index is 830. The Morgan fingerprint density at radius 3 is 2.62 bits per heavy atom. The number of nitrogens with zero attached hydrogens (tertiary/aromatic N) is 3. The number of piperidine rings is 1. The Kier molecular flexibility index (Phi) is 6.42. The number of aliphatic hydroxyl groups is 1. The molecule has 2 atom stereocenters. The van der Waals surface area contributed by atoms with Crippen LogP contribution in [0.25, 0.3) is 0 Å². The lowest BCUT2D eigenvalue weighted by atomic mass is 9.91. The lowest BCUT2D eigenvalue weighted by Gasteiger charge is -2.47. The number of para-hydroxylation sites is 1. The van der Waals surface area contributed by atoms with Gasteiger partial charge in [0.25, 0.3) is 0 Å². The third-order valence-corrected chi connectivity index (χ3v) is 5.87. The molecule has 6 heteroatoms. The second-order valence-electron chi connectivity index (χ2n) is 7.77. The lowest BCUT2D eigenvalue weighted by molar-refractivity contribution is 0.0387. The second kappa shape index (κ2) is 9.37. The van der Waals surface area contributed by atoms with Crippen molar-refractivity contribution in [2.75, 3.05) is 39.5 Å². The van der Waals surface area contributed by atoms with Crippen molar-refractivity contribution in [3.63, 3.8) is 0 Å². The summed E-state index contributed by atoms with van der Waals surface area (Å²) in [7, 11) is 0. The van der Waals surface area contributed by atoms with E-state index in [0.717, 1.165) is 51.4 Å². The molecule has 0 bridgehead atoms. The highest BCUT2D eigenvalue weighted by atomic mass is 19.1. The first-order valence-corrected chi connectivity index (χ1v) is 10.3. The van der Waals surface area contributed by atoms with E-state index in [2.05, 4.69) is 14.8 Å². The number of aliphatic hydroxyl groups excluding tert-OH is 1. The molecule has 0 aliphatic carbocycles. The van der Waals surface area contributed by atoms with Gasteiger partial charge >= 0.3 is 0 Å². The van der Waals surface area contributed by atoms with Crippen molar-refractivity contribution in [1.82, 2.24) is 9.80 Å². The molecule has 5 nitrogen and oxygen atoms in total. The smallest absolute Gasteiger partial charge is 0.136 e. The van der Waals surface area contributed by atoms with Gasteiger partial charge in [0.05, 0.1) is 12.2 Å². The number of rotatable bonds is 5. The van der Waals surface area contributed by atoms with Crippen LogP contribution in [-0.4, -0.2) is 66.3 Å². The number of amidine groups is 1. The van der Waals surface area contributed by atoms with Gasteiger partial charge < -0.3 is 14.7 Å². The Balaban J connectivity index is 1.36. The molecule has 2 aliphatic heterocycles. The molecule has 1 N–H and O–H groups in total. The summed E-state index contributed by atoms with van der Waals surface area (Å²) in [5.41, 5.74) is 0.458. The van der Waals surface area contributed by atoms with Crippen LogP contribution in [0.4, 0.5) is 4.39 Å². The predicted octanol–water partition coefficient (Wildman–Crippen LogP) is 3.00. The summed E-state index contributed by atoms with van der Waals surface area (Å²) in [6.45, 7) is 3.91. The van der Waals surface area contributed by atoms with Gasteiger partial charge in [0.1, 0.15) is 24.1 Å². The summed E-state index contributed by atoms with van der Waals surface area (Å²) in [5, 5.41) is 9.38. The van der Waals surface area contributed by atoms with Gasteiger partial charge in [-0.3, -0.25) is 4.90 Å². The Morgan fingerprint density at radius 1 is 1.03 bits per heavy atom. The number of benzene rings is 2. The van der Waals surface area contributed by atoms with E-state index in [4.69, 9.17) is 4.74 Å². The Hall–Kier alpha value is -2.44. The molecule has 0 unspecified atom stereocenters. The van der Waals surface area contributed by atoms with Gasteiger partial charge in [0.2, 0.25) is 0 Å². The molecule has 0 amide bonds. The highest BCUT2D eigenvalue weighted by Gasteiger charge is 2.34. The molecule has 2 aliphatic rings. The average Bonchev–Trinajstić information content (AvgIpc) is 2.77. The normalized spacial score (nSPS) is 23.0. The highest BCUT2D eigenvalue weighted by molar-refractivity contribution is 5.99. The van der Waals surface area contributed by atoms with E-state index in [-0.39, 0.29) is 12.5 Å². The maximum atomic E-state index is 14.3. The minimum absolute atomic E-state index is 0.302. The van der Waals surface area contributed by atoms with Crippen LogP contribution in [-0.2, 0) is 0 Å². The molecule has 2 saturated heterocycles. The van der Waals surface area contributed by atoms with Crippen molar-refractivity contribution < 1.29 is 14.2 Å². The van der Waals surface area contributed by atoms with Gasteiger partial charge in [0.15, 0.2) is 0 Å². The zero-order chi connectivity index (χ0) is 20.1. The molecule has 2 aromatic rings. The predicted molar refractivity (Wildman–Crippen MR) is 112 cm³/mol. The van der Waals surface area contributed by atoms with Crippen LogP contribution in [0.1, 0.15) is 18.4 Å². The van der Waals surface area contributed by atoms with E-state index in [1.54, 1.807) is 18.2 Å². The minimum atomic E-state index is -0.340. The van der Waals surface area contributed by atoms with Crippen LogP contribution in [0, 0.1) is 11.7 Å². The first-order chi connectivity index (χ1) is 14.2. The molecule has 29 heavy (non-hydrogen) atoms. The highest BCUT2D eigenvalue weighted by Crippen LogP contribution is 2.27. The summed E-state index contributed by atoms with van der Waals surface area (Å²) < 4.78 is 20.3. The number of halogens is 1. The van der Waals surface area contributed by atoms with Crippen LogP contribution in [0.2, 0.25) is 0 Å². The van der Waals surface area contributed by atoms with Gasteiger partial charge in [-0.2, -0.15) is 0 Å². The van der Waals surface area contributed by atoms with Gasteiger partial charge in [-0.25, -0.2) is 9.38 Å². The average molecular weight is 397 g/mol. The van der Waals surface area contributed by atoms with Crippen molar-refractivity contribution in [2.24, 2.45) is 10.9 Å². The van der Waals surface area contributed by atoms with Gasteiger partial charge in [-0.05, 0) is 37.1 Å². The largest absolute Gasteiger partial charge is 0.493 e. The zero-order valence-corrected chi connectivity index (χ0v) is 16.6. The van der Waals surface area contributed by atoms with E-state index in [1.807, 2.05) is 30.3 Å². The molecule has 0 radical (unpaired) electrons. The number of hydrogen-bond donors (Lipinski definition) is 1. The number of piperazine rings is 1. The summed E-state index contributed by atoms with van der Waals surface area (Å²) in [6, 6.07) is 17.0. The van der Waals surface area contributed by atoms with Crippen molar-refractivity contribution >= 4 is 5.84 Å². The van der Waals surface area contributed by atoms with Crippen LogP contribution < -0.4 is 4.74 Å². The summed E-state index contributed by atoms with van der Waals surface area (Å²) >= 11 is 0. The van der Waals surface area contributed by atoms with E-state index in [1.165, 1.54) is 6.07 Å². The maximum Gasteiger partial charge on any atom is 0.136 e. The number of aliphatic imine (C=N–C) groups is 1. The lowest BCUT2D eigenvalue weighted by Crippen LogP contribution is -2.58. The van der Waals surface area contributed by atoms with Gasteiger partial charge in [-0.1, -0.05) is 30.3 Å². The van der Waals surface area contributed by atoms with Crippen LogP contribution in [0.5, 0.6) is 5.75 Å². The molecule has 0 aromatic heterocycles. The van der Waals surface area contributed by atoms with E-state index < -0.39 is 0 Å². The third kappa shape index (κ3) is 4.77. The Morgan fingerprint density at radius 2 is 1.83 bits per heavy atom. The monoisotopic (exact) mass is 397 g/mol. The molecule has 2 aromatic carbocycles. The first kappa shape index (κ1) is 19.9. The van der Waals surface area contributed by atoms with Crippen molar-refractivity contribution in [3.8, 4) is 5.75 Å².